The second-order valence-electron chi connectivity index (χ2n) is 4.70. The van der Waals surface area contributed by atoms with Gasteiger partial charge < -0.3 is 10.5 Å². The number of ether oxygens (including phenoxy) is 1. The zero-order valence-corrected chi connectivity index (χ0v) is 13.2. The first-order valence-electron chi connectivity index (χ1n) is 6.78. The molecule has 0 saturated heterocycles. The van der Waals surface area contributed by atoms with Crippen LogP contribution in [0.4, 0.5) is 0 Å². The van der Waals surface area contributed by atoms with Crippen molar-refractivity contribution in [1.29, 1.82) is 0 Å². The molecule has 21 heavy (non-hydrogen) atoms. The lowest BCUT2D eigenvalue weighted by molar-refractivity contribution is 0.408. The van der Waals surface area contributed by atoms with Crippen LogP contribution in [0, 0.1) is 0 Å². The number of nitrogens with one attached hydrogen (secondary N) is 1. The van der Waals surface area contributed by atoms with Crippen LogP contribution in [-0.2, 0) is 6.54 Å². The molecule has 1 heterocycles. The van der Waals surface area contributed by atoms with Gasteiger partial charge in [-0.1, -0.05) is 30.0 Å². The number of benzene rings is 1. The van der Waals surface area contributed by atoms with Gasteiger partial charge in [-0.05, 0) is 19.9 Å². The number of rotatable bonds is 6. The monoisotopic (exact) mass is 308 g/mol. The average molecular weight is 308 g/mol. The summed E-state index contributed by atoms with van der Waals surface area (Å²) >= 11 is 1.47. The van der Waals surface area contributed by atoms with E-state index in [0.717, 1.165) is 11.3 Å². The number of thioether (sulfide) groups is 1. The van der Waals surface area contributed by atoms with E-state index in [1.807, 2.05) is 38.1 Å². The number of nitrogens with two attached hydrogens (primary N) is 1. The third-order valence-electron chi connectivity index (χ3n) is 3.19. The minimum Gasteiger partial charge on any atom is -0.496 e. The largest absolute Gasteiger partial charge is 0.496 e. The minimum absolute atomic E-state index is 0.0540. The Morgan fingerprint density at radius 1 is 1.48 bits per heavy atom. The van der Waals surface area contributed by atoms with Crippen molar-refractivity contribution < 1.29 is 4.74 Å². The molecule has 0 saturated carbocycles. The fraction of sp³-hybridized carbons (Fsp3) is 0.429. The van der Waals surface area contributed by atoms with E-state index >= 15 is 0 Å². The molecule has 0 amide bonds. The zero-order valence-electron chi connectivity index (χ0n) is 12.4. The van der Waals surface area contributed by atoms with Crippen molar-refractivity contribution in [3.05, 3.63) is 40.3 Å². The van der Waals surface area contributed by atoms with Crippen LogP contribution in [0.2, 0.25) is 0 Å². The molecule has 2 atom stereocenters. The van der Waals surface area contributed by atoms with Gasteiger partial charge in [0, 0.05) is 18.2 Å². The van der Waals surface area contributed by atoms with Crippen LogP contribution in [0.5, 0.6) is 5.75 Å². The summed E-state index contributed by atoms with van der Waals surface area (Å²) < 4.78 is 7.00. The second kappa shape index (κ2) is 6.82. The van der Waals surface area contributed by atoms with Gasteiger partial charge in [0.25, 0.3) is 0 Å². The molecule has 3 N–H and O–H groups in total. The highest BCUT2D eigenvalue weighted by molar-refractivity contribution is 7.99. The van der Waals surface area contributed by atoms with Crippen molar-refractivity contribution in [3.63, 3.8) is 0 Å². The molecule has 6 nitrogen and oxygen atoms in total. The first-order valence-corrected chi connectivity index (χ1v) is 7.66. The molecule has 114 valence electrons. The van der Waals surface area contributed by atoms with Gasteiger partial charge in [-0.2, -0.15) is 0 Å². The number of aromatic amines is 1. The summed E-state index contributed by atoms with van der Waals surface area (Å²) in [5, 5.41) is 7.14. The lowest BCUT2D eigenvalue weighted by Crippen LogP contribution is -2.24. The highest BCUT2D eigenvalue weighted by Gasteiger charge is 2.24. The molecule has 0 aliphatic rings. The summed E-state index contributed by atoms with van der Waals surface area (Å²) in [5.41, 5.74) is 6.93. The Kier molecular flexibility index (Phi) is 5.08. The number of aromatic nitrogens is 3. The van der Waals surface area contributed by atoms with Crippen LogP contribution in [0.3, 0.4) is 0 Å². The Morgan fingerprint density at radius 2 is 2.19 bits per heavy atom. The molecular formula is C14H20N4O2S. The van der Waals surface area contributed by atoms with Crippen LogP contribution < -0.4 is 16.2 Å². The Morgan fingerprint density at radius 3 is 2.81 bits per heavy atom. The summed E-state index contributed by atoms with van der Waals surface area (Å²) in [5.74, 6) is 0.785. The van der Waals surface area contributed by atoms with E-state index in [2.05, 4.69) is 10.2 Å². The number of methoxy groups -OCH3 is 1. The molecule has 1 aromatic carbocycles. The van der Waals surface area contributed by atoms with E-state index in [4.69, 9.17) is 10.5 Å². The summed E-state index contributed by atoms with van der Waals surface area (Å²) in [4.78, 5) is 11.7. The molecule has 2 aromatic rings. The van der Waals surface area contributed by atoms with Crippen LogP contribution in [0.15, 0.2) is 34.2 Å². The fourth-order valence-corrected chi connectivity index (χ4v) is 3.34. The number of hydrogen-bond donors (Lipinski definition) is 2. The maximum Gasteiger partial charge on any atom is 0.343 e. The first kappa shape index (κ1) is 15.7. The van der Waals surface area contributed by atoms with Crippen molar-refractivity contribution in [2.75, 3.05) is 7.11 Å². The van der Waals surface area contributed by atoms with Gasteiger partial charge >= 0.3 is 5.69 Å². The molecule has 0 aliphatic carbocycles. The van der Waals surface area contributed by atoms with Gasteiger partial charge in [-0.15, -0.1) is 5.10 Å². The number of nitrogens with zero attached hydrogens (tertiary/aromatic N) is 2. The Balaban J connectivity index is 2.38. The SMILES string of the molecule is CCn1c(SC(c2ccccc2OC)C(C)N)n[nH]c1=O. The molecule has 0 radical (unpaired) electrons. The molecule has 0 spiro atoms. The smallest absolute Gasteiger partial charge is 0.343 e. The second-order valence-corrected chi connectivity index (χ2v) is 5.80. The molecule has 0 bridgehead atoms. The number of hydrogen-bond acceptors (Lipinski definition) is 5. The predicted octanol–water partition coefficient (Wildman–Crippen LogP) is 1.78. The first-order chi connectivity index (χ1) is 10.1. The maximum absolute atomic E-state index is 11.7. The zero-order chi connectivity index (χ0) is 15.4. The third-order valence-corrected chi connectivity index (χ3v) is 4.65. The third kappa shape index (κ3) is 3.30. The van der Waals surface area contributed by atoms with Crippen LogP contribution in [0.25, 0.3) is 0 Å². The van der Waals surface area contributed by atoms with Crippen LogP contribution >= 0.6 is 11.8 Å². The molecule has 0 fully saturated rings. The van der Waals surface area contributed by atoms with E-state index in [1.165, 1.54) is 11.8 Å². The topological polar surface area (TPSA) is 85.9 Å². The summed E-state index contributed by atoms with van der Waals surface area (Å²) in [6.07, 6.45) is 0. The van der Waals surface area contributed by atoms with E-state index in [-0.39, 0.29) is 17.0 Å². The van der Waals surface area contributed by atoms with E-state index in [9.17, 15) is 4.79 Å². The quantitative estimate of drug-likeness (QED) is 0.794. The van der Waals surface area contributed by atoms with Gasteiger partial charge in [-0.25, -0.2) is 9.89 Å². The maximum atomic E-state index is 11.7. The summed E-state index contributed by atoms with van der Waals surface area (Å²) in [6, 6.07) is 7.64. The van der Waals surface area contributed by atoms with Crippen LogP contribution in [0.1, 0.15) is 24.7 Å². The van der Waals surface area contributed by atoms with Crippen molar-refractivity contribution in [1.82, 2.24) is 14.8 Å². The summed E-state index contributed by atoms with van der Waals surface area (Å²) in [6.45, 7) is 4.41. The Bertz CT molecular complexity index is 650. The van der Waals surface area contributed by atoms with Crippen molar-refractivity contribution in [2.45, 2.75) is 36.8 Å². The van der Waals surface area contributed by atoms with Gasteiger partial charge in [-0.3, -0.25) is 4.57 Å². The predicted molar refractivity (Wildman–Crippen MR) is 83.8 cm³/mol. The van der Waals surface area contributed by atoms with E-state index < -0.39 is 0 Å². The lowest BCUT2D eigenvalue weighted by Gasteiger charge is -2.22. The van der Waals surface area contributed by atoms with Crippen molar-refractivity contribution in [2.24, 2.45) is 5.73 Å². The van der Waals surface area contributed by atoms with Crippen molar-refractivity contribution in [3.8, 4) is 5.75 Å². The van der Waals surface area contributed by atoms with Gasteiger partial charge in [0.05, 0.1) is 12.4 Å². The molecule has 2 rings (SSSR count). The van der Waals surface area contributed by atoms with Gasteiger partial charge in [0.15, 0.2) is 5.16 Å². The number of para-hydroxylation sites is 1. The fourth-order valence-electron chi connectivity index (χ4n) is 2.14. The standard InChI is InChI=1S/C14H20N4O2S/c1-4-18-13(19)16-17-14(18)21-12(9(2)15)10-7-5-6-8-11(10)20-3/h5-9,12H,4,15H2,1-3H3,(H,16,19). The normalized spacial score (nSPS) is 13.9. The number of H-pyrrole nitrogens is 1. The average Bonchev–Trinajstić information content (AvgIpc) is 2.84. The minimum atomic E-state index is -0.205. The molecule has 7 heteroatoms. The highest BCUT2D eigenvalue weighted by Crippen LogP contribution is 2.39. The molecule has 2 unspecified atom stereocenters. The van der Waals surface area contributed by atoms with E-state index in [0.29, 0.717) is 11.7 Å². The summed E-state index contributed by atoms with van der Waals surface area (Å²) in [7, 11) is 1.64. The van der Waals surface area contributed by atoms with Crippen molar-refractivity contribution >= 4 is 11.8 Å². The highest BCUT2D eigenvalue weighted by atomic mass is 32.2. The molecular weight excluding hydrogens is 288 g/mol. The molecule has 1 aromatic heterocycles. The molecule has 0 aliphatic heterocycles. The lowest BCUT2D eigenvalue weighted by atomic mass is 10.1. The van der Waals surface area contributed by atoms with E-state index in [1.54, 1.807) is 11.7 Å². The van der Waals surface area contributed by atoms with Gasteiger partial charge in [0.1, 0.15) is 5.75 Å². The Labute approximate surface area is 127 Å². The van der Waals surface area contributed by atoms with Gasteiger partial charge in [0.2, 0.25) is 0 Å². The Hall–Kier alpha value is -1.73. The van der Waals surface area contributed by atoms with Crippen LogP contribution in [-0.4, -0.2) is 27.9 Å².